The number of methoxy groups -OCH3 is 2. The Balaban J connectivity index is 1.23. The number of pyridine rings is 1. The highest BCUT2D eigenvalue weighted by Gasteiger charge is 2.42. The zero-order valence-electron chi connectivity index (χ0n) is 24.7. The fourth-order valence-electron chi connectivity index (χ4n) is 6.58. The average Bonchev–Trinajstić information content (AvgIpc) is 3.00. The van der Waals surface area contributed by atoms with Gasteiger partial charge in [0.15, 0.2) is 0 Å². The van der Waals surface area contributed by atoms with Gasteiger partial charge in [0, 0.05) is 68.2 Å². The number of nitrogens with zero attached hydrogens (tertiary/aromatic N) is 3. The highest BCUT2D eigenvalue weighted by molar-refractivity contribution is 5.68. The zero-order chi connectivity index (χ0) is 30.6. The molecular formula is C31H40F3N3O6. The lowest BCUT2D eigenvalue weighted by atomic mass is 9.82. The lowest BCUT2D eigenvalue weighted by Crippen LogP contribution is -2.47. The summed E-state index contributed by atoms with van der Waals surface area (Å²) in [6.45, 7) is 2.22. The Bertz CT molecular complexity index is 1260. The molecule has 2 aromatic rings. The summed E-state index contributed by atoms with van der Waals surface area (Å²) in [5, 5.41) is 9.29. The Hall–Kier alpha value is -3.25. The number of halogens is 3. The lowest BCUT2D eigenvalue weighted by molar-refractivity contribution is -0.157. The van der Waals surface area contributed by atoms with Gasteiger partial charge >= 0.3 is 12.1 Å². The van der Waals surface area contributed by atoms with Crippen LogP contribution in [0.2, 0.25) is 0 Å². The number of hydrogen-bond donors (Lipinski definition) is 1. The molecule has 2 saturated heterocycles. The minimum absolute atomic E-state index is 0.0424. The molecular weight excluding hydrogens is 567 g/mol. The first-order valence-corrected chi connectivity index (χ1v) is 14.8. The lowest BCUT2D eigenvalue weighted by Gasteiger charge is -2.44. The number of carbonyl (C=O) groups is 1. The molecule has 12 heteroatoms. The summed E-state index contributed by atoms with van der Waals surface area (Å²) in [6.07, 6.45) is 0.775. The smallest absolute Gasteiger partial charge is 0.401 e. The minimum Gasteiger partial charge on any atom is -0.497 e. The maximum absolute atomic E-state index is 13.0. The first kappa shape index (κ1) is 31.2. The molecule has 236 valence electrons. The van der Waals surface area contributed by atoms with Crippen molar-refractivity contribution < 1.29 is 42.0 Å². The Morgan fingerprint density at radius 3 is 2.51 bits per heavy atom. The van der Waals surface area contributed by atoms with Crippen LogP contribution < -0.4 is 19.1 Å². The van der Waals surface area contributed by atoms with Crippen LogP contribution in [0.15, 0.2) is 30.5 Å². The van der Waals surface area contributed by atoms with Crippen molar-refractivity contribution in [3.8, 4) is 17.4 Å². The second kappa shape index (κ2) is 13.2. The number of anilines is 1. The van der Waals surface area contributed by atoms with Crippen LogP contribution in [0.3, 0.4) is 0 Å². The van der Waals surface area contributed by atoms with Gasteiger partial charge in [0.2, 0.25) is 5.88 Å². The van der Waals surface area contributed by atoms with E-state index in [4.69, 9.17) is 18.9 Å². The van der Waals surface area contributed by atoms with E-state index in [2.05, 4.69) is 9.88 Å². The zero-order valence-corrected chi connectivity index (χ0v) is 24.7. The largest absolute Gasteiger partial charge is 0.497 e. The Morgan fingerprint density at radius 2 is 1.86 bits per heavy atom. The van der Waals surface area contributed by atoms with Gasteiger partial charge in [0.25, 0.3) is 0 Å². The molecule has 3 aliphatic rings. The van der Waals surface area contributed by atoms with Crippen molar-refractivity contribution in [1.82, 2.24) is 9.88 Å². The number of ether oxygens (including phenoxy) is 4. The highest BCUT2D eigenvalue weighted by atomic mass is 19.4. The van der Waals surface area contributed by atoms with Crippen LogP contribution in [0, 0.1) is 5.92 Å². The molecule has 0 aliphatic carbocycles. The molecule has 1 N–H and O–H groups in total. The molecule has 43 heavy (non-hydrogen) atoms. The third-order valence-electron chi connectivity index (χ3n) is 9.03. The molecule has 0 bridgehead atoms. The molecule has 0 spiro atoms. The van der Waals surface area contributed by atoms with Crippen LogP contribution in [0.5, 0.6) is 17.4 Å². The SMILES string of the molecule is COc1ccc(C2(OC)CCN(CC(F)(F)F)CC2)c(N2CCC(COc3cc4c(cn3)OCCC4CC(=O)O)CC2)c1. The first-order valence-electron chi connectivity index (χ1n) is 14.8. The van der Waals surface area contributed by atoms with Gasteiger partial charge in [-0.1, -0.05) is 6.07 Å². The summed E-state index contributed by atoms with van der Waals surface area (Å²) < 4.78 is 62.4. The fourth-order valence-corrected chi connectivity index (χ4v) is 6.58. The topological polar surface area (TPSA) is 93.6 Å². The molecule has 3 aliphatic heterocycles. The van der Waals surface area contributed by atoms with Crippen molar-refractivity contribution in [2.75, 3.05) is 65.1 Å². The molecule has 9 nitrogen and oxygen atoms in total. The predicted molar refractivity (Wildman–Crippen MR) is 153 cm³/mol. The van der Waals surface area contributed by atoms with Crippen molar-refractivity contribution in [1.29, 1.82) is 0 Å². The quantitative estimate of drug-likeness (QED) is 0.390. The number of carboxylic acid groups (broad SMARTS) is 1. The number of hydrogen-bond acceptors (Lipinski definition) is 8. The van der Waals surface area contributed by atoms with Crippen molar-refractivity contribution in [2.45, 2.75) is 56.2 Å². The highest BCUT2D eigenvalue weighted by Crippen LogP contribution is 2.44. The molecule has 4 heterocycles. The number of aromatic nitrogens is 1. The van der Waals surface area contributed by atoms with E-state index in [1.807, 2.05) is 24.3 Å². The molecule has 0 saturated carbocycles. The van der Waals surface area contributed by atoms with E-state index >= 15 is 0 Å². The Morgan fingerprint density at radius 1 is 1.12 bits per heavy atom. The summed E-state index contributed by atoms with van der Waals surface area (Å²) in [5.74, 6) is 1.14. The summed E-state index contributed by atoms with van der Waals surface area (Å²) in [5.41, 5.74) is 2.12. The van der Waals surface area contributed by atoms with Gasteiger partial charge in [-0.15, -0.1) is 0 Å². The number of piperidine rings is 2. The number of alkyl halides is 3. The first-order chi connectivity index (χ1) is 20.6. The van der Waals surface area contributed by atoms with E-state index in [-0.39, 0.29) is 12.3 Å². The van der Waals surface area contributed by atoms with Crippen molar-refractivity contribution >= 4 is 11.7 Å². The number of benzene rings is 1. The maximum atomic E-state index is 13.0. The number of rotatable bonds is 10. The number of carboxylic acids is 1. The summed E-state index contributed by atoms with van der Waals surface area (Å²) in [4.78, 5) is 19.5. The van der Waals surface area contributed by atoms with Gasteiger partial charge in [0.05, 0.1) is 45.1 Å². The van der Waals surface area contributed by atoms with Gasteiger partial charge in [-0.2, -0.15) is 13.2 Å². The van der Waals surface area contributed by atoms with E-state index in [1.165, 1.54) is 4.90 Å². The van der Waals surface area contributed by atoms with Gasteiger partial charge in [-0.25, -0.2) is 4.98 Å². The molecule has 1 aromatic carbocycles. The van der Waals surface area contributed by atoms with Crippen LogP contribution in [-0.4, -0.2) is 87.3 Å². The van der Waals surface area contributed by atoms with E-state index < -0.39 is 24.3 Å². The minimum atomic E-state index is -4.22. The summed E-state index contributed by atoms with van der Waals surface area (Å²) >= 11 is 0. The van der Waals surface area contributed by atoms with E-state index in [0.29, 0.717) is 68.9 Å². The molecule has 1 aromatic heterocycles. The van der Waals surface area contributed by atoms with Crippen LogP contribution >= 0.6 is 0 Å². The predicted octanol–water partition coefficient (Wildman–Crippen LogP) is 5.23. The van der Waals surface area contributed by atoms with Crippen molar-refractivity contribution in [3.63, 3.8) is 0 Å². The molecule has 5 rings (SSSR count). The van der Waals surface area contributed by atoms with E-state index in [1.54, 1.807) is 20.4 Å². The van der Waals surface area contributed by atoms with Crippen molar-refractivity contribution in [3.05, 3.63) is 41.6 Å². The van der Waals surface area contributed by atoms with Crippen LogP contribution in [0.1, 0.15) is 55.6 Å². The van der Waals surface area contributed by atoms with Gasteiger partial charge in [0.1, 0.15) is 11.5 Å². The maximum Gasteiger partial charge on any atom is 0.401 e. The normalized spacial score (nSPS) is 21.1. The molecule has 1 atom stereocenters. The second-order valence-corrected chi connectivity index (χ2v) is 11.7. The second-order valence-electron chi connectivity index (χ2n) is 11.7. The summed E-state index contributed by atoms with van der Waals surface area (Å²) in [7, 11) is 3.26. The monoisotopic (exact) mass is 607 g/mol. The van der Waals surface area contributed by atoms with Gasteiger partial charge < -0.3 is 29.0 Å². The number of likely N-dealkylation sites (tertiary alicyclic amines) is 1. The average molecular weight is 608 g/mol. The summed E-state index contributed by atoms with van der Waals surface area (Å²) in [6, 6.07) is 7.70. The van der Waals surface area contributed by atoms with Crippen LogP contribution in [0.4, 0.5) is 18.9 Å². The fraction of sp³-hybridized carbons (Fsp3) is 0.613. The van der Waals surface area contributed by atoms with E-state index in [9.17, 15) is 23.1 Å². The number of fused-ring (bicyclic) bond motifs is 1. The Kier molecular flexibility index (Phi) is 9.55. The van der Waals surface area contributed by atoms with Gasteiger partial charge in [-0.3, -0.25) is 9.69 Å². The van der Waals surface area contributed by atoms with Crippen LogP contribution in [-0.2, 0) is 15.1 Å². The Labute approximate surface area is 249 Å². The van der Waals surface area contributed by atoms with Crippen molar-refractivity contribution in [2.24, 2.45) is 5.92 Å². The van der Waals surface area contributed by atoms with Gasteiger partial charge in [-0.05, 0) is 44.1 Å². The number of aliphatic carboxylic acids is 1. The third kappa shape index (κ3) is 7.46. The third-order valence-corrected chi connectivity index (χ3v) is 9.03. The molecule has 0 amide bonds. The van der Waals surface area contributed by atoms with Crippen LogP contribution in [0.25, 0.3) is 0 Å². The standard InChI is InChI=1S/C31H40F3N3O6/c1-40-23-3-4-25(30(41-2)8-12-36(13-9-30)20-31(32,33)34)26(16-23)37-10-5-21(6-11-37)19-43-28-17-24-22(15-29(38)39)7-14-42-27(24)18-35-28/h3-4,16-18,21-22H,5-15,19-20H2,1-2H3,(H,38,39). The molecule has 2 fully saturated rings. The van der Waals surface area contributed by atoms with E-state index in [0.717, 1.165) is 42.7 Å². The molecule has 0 radical (unpaired) electrons. The molecule has 1 unspecified atom stereocenters.